The van der Waals surface area contributed by atoms with Gasteiger partial charge in [-0.05, 0) is 57.1 Å². The molecule has 1 aromatic rings. The molecule has 0 saturated carbocycles. The summed E-state index contributed by atoms with van der Waals surface area (Å²) in [4.78, 5) is 2.62. The van der Waals surface area contributed by atoms with Crippen LogP contribution in [0.5, 0.6) is 0 Å². The Morgan fingerprint density at radius 3 is 2.48 bits per heavy atom. The lowest BCUT2D eigenvalue weighted by Gasteiger charge is -2.34. The van der Waals surface area contributed by atoms with Gasteiger partial charge in [0.2, 0.25) is 10.0 Å². The summed E-state index contributed by atoms with van der Waals surface area (Å²) in [5.41, 5.74) is 7.32. The lowest BCUT2D eigenvalue weighted by molar-refractivity contribution is 0.197. The molecule has 0 aromatic heterocycles. The third-order valence-corrected chi connectivity index (χ3v) is 6.40. The zero-order chi connectivity index (χ0) is 15.6. The van der Waals surface area contributed by atoms with Gasteiger partial charge in [0.1, 0.15) is 0 Å². The summed E-state index contributed by atoms with van der Waals surface area (Å²) in [7, 11) is 0.328. The Morgan fingerprint density at radius 1 is 1.33 bits per heavy atom. The van der Waals surface area contributed by atoms with Crippen LogP contribution in [0.15, 0.2) is 23.1 Å². The lowest BCUT2D eigenvalue weighted by Crippen LogP contribution is -2.44. The molecule has 0 radical (unpaired) electrons. The Labute approximate surface area is 127 Å². The number of sulfonamides is 1. The first-order valence-electron chi connectivity index (χ1n) is 7.32. The Hall–Kier alpha value is -0.950. The van der Waals surface area contributed by atoms with Gasteiger partial charge in [-0.1, -0.05) is 12.1 Å². The first kappa shape index (κ1) is 16.4. The van der Waals surface area contributed by atoms with Crippen molar-refractivity contribution in [2.45, 2.75) is 37.2 Å². The van der Waals surface area contributed by atoms with Gasteiger partial charge in [-0.2, -0.15) is 4.31 Å². The highest BCUT2D eigenvalue weighted by Gasteiger charge is 2.30. The number of likely N-dealkylation sites (tertiary alicyclic amines) is 1. The molecule has 1 heterocycles. The highest BCUT2D eigenvalue weighted by atomic mass is 32.2. The largest absolute Gasteiger partial charge is 0.326 e. The van der Waals surface area contributed by atoms with Gasteiger partial charge in [0.15, 0.2) is 0 Å². The quantitative estimate of drug-likeness (QED) is 0.906. The maximum absolute atomic E-state index is 12.8. The smallest absolute Gasteiger partial charge is 0.243 e. The van der Waals surface area contributed by atoms with E-state index in [0.29, 0.717) is 11.4 Å². The summed E-state index contributed by atoms with van der Waals surface area (Å²) >= 11 is 0. The van der Waals surface area contributed by atoms with Gasteiger partial charge in [0.25, 0.3) is 0 Å². The Morgan fingerprint density at radius 2 is 1.95 bits per heavy atom. The second kappa shape index (κ2) is 6.44. The number of nitrogens with zero attached hydrogens (tertiary/aromatic N) is 2. The molecule has 2 N–H and O–H groups in total. The fraction of sp³-hybridized carbons (Fsp3) is 0.600. The molecule has 1 fully saturated rings. The number of hydrogen-bond acceptors (Lipinski definition) is 4. The molecule has 0 bridgehead atoms. The molecule has 1 aromatic carbocycles. The summed E-state index contributed by atoms with van der Waals surface area (Å²) < 4.78 is 27.2. The van der Waals surface area contributed by atoms with Crippen molar-refractivity contribution in [1.29, 1.82) is 0 Å². The van der Waals surface area contributed by atoms with Crippen LogP contribution in [0.25, 0.3) is 0 Å². The molecular weight excluding hydrogens is 286 g/mol. The van der Waals surface area contributed by atoms with Gasteiger partial charge in [0, 0.05) is 19.6 Å². The molecule has 0 unspecified atom stereocenters. The molecule has 1 aliphatic rings. The predicted octanol–water partition coefficient (Wildman–Crippen LogP) is 1.17. The molecule has 6 heteroatoms. The lowest BCUT2D eigenvalue weighted by atomic mass is 10.1. The summed E-state index contributed by atoms with van der Waals surface area (Å²) in [6.07, 6.45) is 1.76. The molecule has 21 heavy (non-hydrogen) atoms. The van der Waals surface area contributed by atoms with Gasteiger partial charge in [-0.3, -0.25) is 0 Å². The first-order chi connectivity index (χ1) is 9.86. The van der Waals surface area contributed by atoms with Crippen LogP contribution in [0, 0.1) is 6.92 Å². The van der Waals surface area contributed by atoms with E-state index in [-0.39, 0.29) is 6.04 Å². The predicted molar refractivity (Wildman–Crippen MR) is 84.5 cm³/mol. The summed E-state index contributed by atoms with van der Waals surface area (Å²) in [6.45, 7) is 4.13. The van der Waals surface area contributed by atoms with Crippen molar-refractivity contribution in [3.05, 3.63) is 29.3 Å². The maximum Gasteiger partial charge on any atom is 0.243 e. The fourth-order valence-electron chi connectivity index (χ4n) is 2.84. The number of benzene rings is 1. The van der Waals surface area contributed by atoms with E-state index in [2.05, 4.69) is 11.9 Å². The van der Waals surface area contributed by atoms with Crippen molar-refractivity contribution in [2.24, 2.45) is 5.73 Å². The third-order valence-electron chi connectivity index (χ3n) is 4.33. The van der Waals surface area contributed by atoms with Gasteiger partial charge in [-0.15, -0.1) is 0 Å². The molecule has 0 spiro atoms. The van der Waals surface area contributed by atoms with Crippen molar-refractivity contribution >= 4 is 10.0 Å². The van der Waals surface area contributed by atoms with Gasteiger partial charge in [-0.25, -0.2) is 8.42 Å². The average Bonchev–Trinajstić information content (AvgIpc) is 2.46. The van der Waals surface area contributed by atoms with E-state index >= 15 is 0 Å². The highest BCUT2D eigenvalue weighted by molar-refractivity contribution is 7.89. The van der Waals surface area contributed by atoms with Crippen LogP contribution in [-0.2, 0) is 16.6 Å². The van der Waals surface area contributed by atoms with E-state index in [1.54, 1.807) is 23.5 Å². The number of nitrogens with two attached hydrogens (primary N) is 1. The van der Waals surface area contributed by atoms with E-state index < -0.39 is 10.0 Å². The number of piperidine rings is 1. The summed E-state index contributed by atoms with van der Waals surface area (Å²) in [6, 6.07) is 5.41. The molecule has 2 rings (SSSR count). The highest BCUT2D eigenvalue weighted by Crippen LogP contribution is 2.25. The van der Waals surface area contributed by atoms with Crippen molar-refractivity contribution < 1.29 is 8.42 Å². The van der Waals surface area contributed by atoms with Crippen LogP contribution < -0.4 is 5.73 Å². The molecular formula is C15H25N3O2S. The van der Waals surface area contributed by atoms with Crippen LogP contribution in [0.1, 0.15) is 24.0 Å². The van der Waals surface area contributed by atoms with Gasteiger partial charge in [0.05, 0.1) is 4.90 Å². The van der Waals surface area contributed by atoms with Crippen molar-refractivity contribution in [1.82, 2.24) is 9.21 Å². The first-order valence-corrected chi connectivity index (χ1v) is 8.76. The van der Waals surface area contributed by atoms with E-state index in [1.165, 1.54) is 0 Å². The van der Waals surface area contributed by atoms with E-state index in [4.69, 9.17) is 5.73 Å². The van der Waals surface area contributed by atoms with Gasteiger partial charge < -0.3 is 10.6 Å². The van der Waals surface area contributed by atoms with Crippen LogP contribution in [0.2, 0.25) is 0 Å². The standard InChI is InChI=1S/C15H25N3O2S/c1-12-10-13(11-16)4-5-15(12)21(19,20)18(3)14-6-8-17(2)9-7-14/h4-5,10,14H,6-9,11,16H2,1-3H3. The second-order valence-corrected chi connectivity index (χ2v) is 7.83. The normalized spacial score (nSPS) is 18.3. The maximum atomic E-state index is 12.8. The van der Waals surface area contributed by atoms with Crippen molar-refractivity contribution in [2.75, 3.05) is 27.2 Å². The molecule has 118 valence electrons. The third kappa shape index (κ3) is 3.45. The zero-order valence-electron chi connectivity index (χ0n) is 13.0. The SMILES string of the molecule is Cc1cc(CN)ccc1S(=O)(=O)N(C)C1CCN(C)CC1. The zero-order valence-corrected chi connectivity index (χ0v) is 13.9. The summed E-state index contributed by atoms with van der Waals surface area (Å²) in [5, 5.41) is 0. The van der Waals surface area contributed by atoms with E-state index in [1.807, 2.05) is 13.0 Å². The monoisotopic (exact) mass is 311 g/mol. The van der Waals surface area contributed by atoms with Crippen LogP contribution in [-0.4, -0.2) is 50.8 Å². The second-order valence-electron chi connectivity index (χ2n) is 5.86. The number of hydrogen-bond donors (Lipinski definition) is 1. The number of aryl methyl sites for hydroxylation is 1. The molecule has 0 aliphatic carbocycles. The minimum absolute atomic E-state index is 0.0831. The summed E-state index contributed by atoms with van der Waals surface area (Å²) in [5.74, 6) is 0. The van der Waals surface area contributed by atoms with Gasteiger partial charge >= 0.3 is 0 Å². The Balaban J connectivity index is 2.25. The topological polar surface area (TPSA) is 66.6 Å². The molecule has 5 nitrogen and oxygen atoms in total. The van der Waals surface area contributed by atoms with E-state index in [0.717, 1.165) is 37.1 Å². The van der Waals surface area contributed by atoms with E-state index in [9.17, 15) is 8.42 Å². The van der Waals surface area contributed by atoms with Crippen LogP contribution in [0.4, 0.5) is 0 Å². The molecule has 0 amide bonds. The minimum atomic E-state index is -3.44. The fourth-order valence-corrected chi connectivity index (χ4v) is 4.46. The van der Waals surface area contributed by atoms with Crippen LogP contribution >= 0.6 is 0 Å². The molecule has 1 saturated heterocycles. The Kier molecular flexibility index (Phi) is 5.03. The van der Waals surface area contributed by atoms with Crippen molar-refractivity contribution in [3.63, 3.8) is 0 Å². The Bertz CT molecular complexity index is 593. The van der Waals surface area contributed by atoms with Crippen molar-refractivity contribution in [3.8, 4) is 0 Å². The minimum Gasteiger partial charge on any atom is -0.326 e. The molecule has 1 aliphatic heterocycles. The average molecular weight is 311 g/mol. The molecule has 0 atom stereocenters. The number of rotatable bonds is 4. The van der Waals surface area contributed by atoms with Crippen LogP contribution in [0.3, 0.4) is 0 Å².